The summed E-state index contributed by atoms with van der Waals surface area (Å²) in [5, 5.41) is 2.50. The summed E-state index contributed by atoms with van der Waals surface area (Å²) in [4.78, 5) is 2.50. The first-order valence-electron chi connectivity index (χ1n) is 27.9. The monoisotopic (exact) mass is 1010 g/mol. The van der Waals surface area contributed by atoms with Gasteiger partial charge in [-0.15, -0.1) is 0 Å². The normalized spacial score (nSPS) is 15.6. The number of hydrogen-bond donors (Lipinski definition) is 0. The summed E-state index contributed by atoms with van der Waals surface area (Å²) in [5.74, 6) is 0.451. The smallest absolute Gasteiger partial charge is 0.0723 e. The van der Waals surface area contributed by atoms with Crippen LogP contribution >= 0.6 is 0 Å². The van der Waals surface area contributed by atoms with Crippen LogP contribution in [0.4, 0.5) is 17.1 Å². The van der Waals surface area contributed by atoms with E-state index in [1.165, 1.54) is 128 Å². The maximum atomic E-state index is 2.58. The highest BCUT2D eigenvalue weighted by Gasteiger charge is 2.54. The van der Waals surface area contributed by atoms with Gasteiger partial charge in [0.15, 0.2) is 0 Å². The molecule has 0 amide bonds. The van der Waals surface area contributed by atoms with Crippen LogP contribution in [0.25, 0.3) is 77.6 Å². The second kappa shape index (κ2) is 19.5. The van der Waals surface area contributed by atoms with E-state index in [-0.39, 0.29) is 0 Å². The Balaban J connectivity index is 0.000000751. The van der Waals surface area contributed by atoms with Crippen molar-refractivity contribution >= 4 is 44.4 Å². The van der Waals surface area contributed by atoms with Crippen molar-refractivity contribution in [2.45, 2.75) is 39.5 Å². The van der Waals surface area contributed by atoms with Gasteiger partial charge in [-0.3, -0.25) is 0 Å². The summed E-state index contributed by atoms with van der Waals surface area (Å²) in [6.45, 7) is 8.87. The highest BCUT2D eigenvalue weighted by atomic mass is 15.1. The molecule has 3 aliphatic rings. The second-order valence-electron chi connectivity index (χ2n) is 21.8. The molecule has 12 aromatic rings. The molecule has 0 aliphatic heterocycles. The zero-order valence-electron chi connectivity index (χ0n) is 45.2. The molecule has 79 heavy (non-hydrogen) atoms. The predicted molar refractivity (Wildman–Crippen MR) is 334 cm³/mol. The fraction of sp³-hybridized carbons (Fsp3) is 0.0909. The SMILES string of the molecule is Cc1ccccc1.Cc1ccccc1-c1cc(-c2ccc(N(c3ccc(-c4ccc5c(c4)c4ccccc4n5-c4ccccc4)cc3)c3cccc4c3-c3ccccc3C43C4=CC(C)CC=C4c4ccccc43)cc2)ccc1C. The Morgan fingerprint density at radius 1 is 0.418 bits per heavy atom. The van der Waals surface area contributed by atoms with Crippen molar-refractivity contribution in [2.75, 3.05) is 4.90 Å². The minimum Gasteiger partial charge on any atom is -0.310 e. The van der Waals surface area contributed by atoms with Crippen LogP contribution < -0.4 is 4.90 Å². The maximum absolute atomic E-state index is 2.58. The van der Waals surface area contributed by atoms with E-state index in [9.17, 15) is 0 Å². The number of nitrogens with zero attached hydrogens (tertiary/aromatic N) is 2. The number of rotatable bonds is 7. The molecule has 1 heterocycles. The number of anilines is 3. The lowest BCUT2D eigenvalue weighted by Crippen LogP contribution is -2.27. The zero-order chi connectivity index (χ0) is 53.2. The summed E-state index contributed by atoms with van der Waals surface area (Å²) >= 11 is 0. The number of hydrogen-bond acceptors (Lipinski definition) is 1. The molecule has 1 spiro atoms. The minimum absolute atomic E-state index is 0.416. The van der Waals surface area contributed by atoms with Crippen LogP contribution in [0.5, 0.6) is 0 Å². The van der Waals surface area contributed by atoms with Gasteiger partial charge in [0, 0.05) is 33.4 Å². The average molecular weight is 1010 g/mol. The Morgan fingerprint density at radius 2 is 0.962 bits per heavy atom. The van der Waals surface area contributed by atoms with Crippen LogP contribution in [0.1, 0.15) is 52.3 Å². The van der Waals surface area contributed by atoms with Crippen molar-refractivity contribution in [1.82, 2.24) is 4.57 Å². The number of fused-ring (bicyclic) bond motifs is 13. The molecule has 2 heteroatoms. The Kier molecular flexibility index (Phi) is 11.8. The van der Waals surface area contributed by atoms with E-state index in [0.29, 0.717) is 5.92 Å². The van der Waals surface area contributed by atoms with Crippen molar-refractivity contribution in [3.63, 3.8) is 0 Å². The van der Waals surface area contributed by atoms with Crippen molar-refractivity contribution in [2.24, 2.45) is 5.92 Å². The molecule has 1 aromatic heterocycles. The number of para-hydroxylation sites is 2. The van der Waals surface area contributed by atoms with Crippen LogP contribution in [0, 0.1) is 26.7 Å². The van der Waals surface area contributed by atoms with E-state index in [1.807, 2.05) is 18.2 Å². The van der Waals surface area contributed by atoms with E-state index < -0.39 is 5.41 Å². The molecule has 11 aromatic carbocycles. The van der Waals surface area contributed by atoms with Crippen LogP contribution in [-0.4, -0.2) is 4.57 Å². The van der Waals surface area contributed by atoms with E-state index in [4.69, 9.17) is 0 Å². The first kappa shape index (κ1) is 47.9. The van der Waals surface area contributed by atoms with Crippen molar-refractivity contribution in [1.29, 1.82) is 0 Å². The Labute approximate surface area is 464 Å². The van der Waals surface area contributed by atoms with E-state index in [0.717, 1.165) is 17.8 Å². The number of benzene rings is 11. The molecule has 0 saturated carbocycles. The van der Waals surface area contributed by atoms with E-state index in [1.54, 1.807) is 0 Å². The van der Waals surface area contributed by atoms with E-state index >= 15 is 0 Å². The van der Waals surface area contributed by atoms with Crippen LogP contribution in [0.3, 0.4) is 0 Å². The van der Waals surface area contributed by atoms with Gasteiger partial charge in [-0.25, -0.2) is 0 Å². The molecule has 3 aliphatic carbocycles. The van der Waals surface area contributed by atoms with E-state index in [2.05, 4.69) is 292 Å². The topological polar surface area (TPSA) is 8.17 Å². The predicted octanol–water partition coefficient (Wildman–Crippen LogP) is 20.5. The minimum atomic E-state index is -0.416. The van der Waals surface area contributed by atoms with Gasteiger partial charge >= 0.3 is 0 Å². The fourth-order valence-electron chi connectivity index (χ4n) is 13.2. The lowest BCUT2D eigenvalue weighted by Gasteiger charge is -2.33. The molecule has 0 N–H and O–H groups in total. The third-order valence-corrected chi connectivity index (χ3v) is 17.0. The standard InChI is InChI=1S/C70H52N2.C7H8/c1-45-28-40-57-56-20-9-12-23-62(56)70(65(57)42-45)63-24-13-10-22-59(63)69-64(70)25-15-27-68(69)71(53-36-31-48(32-37-53)50-30-29-47(3)60(43-50)55-19-8-7-16-46(55)2)54-38-33-49(34-39-54)51-35-41-67-61(44-51)58-21-11-14-26-66(58)72(67)52-17-5-4-6-18-52;1-7-5-3-2-4-6-7/h4-27,29-45H,28H2,1-3H3;2-6H,1H3. The zero-order valence-corrected chi connectivity index (χ0v) is 45.2. The van der Waals surface area contributed by atoms with Gasteiger partial charge in [-0.2, -0.15) is 0 Å². The summed E-state index contributed by atoms with van der Waals surface area (Å²) in [6.07, 6.45) is 6.14. The molecule has 15 rings (SSSR count). The van der Waals surface area contributed by atoms with Gasteiger partial charge in [0.1, 0.15) is 0 Å². The number of aryl methyl sites for hydroxylation is 3. The largest absolute Gasteiger partial charge is 0.310 e. The Hall–Kier alpha value is -9.50. The van der Waals surface area contributed by atoms with Crippen molar-refractivity contribution in [3.05, 3.63) is 318 Å². The number of aromatic nitrogens is 1. The molecular weight excluding hydrogens is 953 g/mol. The molecule has 0 bridgehead atoms. The van der Waals surface area contributed by atoms with Crippen molar-refractivity contribution < 1.29 is 0 Å². The first-order valence-corrected chi connectivity index (χ1v) is 27.9. The molecular formula is C77H60N2. The number of allylic oxidation sites excluding steroid dienone is 4. The highest BCUT2D eigenvalue weighted by Crippen LogP contribution is 2.66. The third-order valence-electron chi connectivity index (χ3n) is 17.0. The average Bonchev–Trinajstić information content (AvgIpc) is 2.22. The van der Waals surface area contributed by atoms with Gasteiger partial charge < -0.3 is 9.47 Å². The Bertz CT molecular complexity index is 4360. The lowest BCUT2D eigenvalue weighted by molar-refractivity contribution is 0.701. The van der Waals surface area contributed by atoms with Gasteiger partial charge in [-0.05, 0) is 183 Å². The quantitative estimate of drug-likeness (QED) is 0.154. The third kappa shape index (κ3) is 7.93. The first-order chi connectivity index (χ1) is 38.8. The van der Waals surface area contributed by atoms with Crippen LogP contribution in [0.15, 0.2) is 279 Å². The van der Waals surface area contributed by atoms with Crippen LogP contribution in [-0.2, 0) is 5.41 Å². The second-order valence-corrected chi connectivity index (χ2v) is 21.8. The molecule has 0 fully saturated rings. The molecule has 378 valence electrons. The highest BCUT2D eigenvalue weighted by molar-refractivity contribution is 6.11. The lowest BCUT2D eigenvalue weighted by atomic mass is 9.69. The molecule has 0 radical (unpaired) electrons. The summed E-state index contributed by atoms with van der Waals surface area (Å²) < 4.78 is 2.38. The van der Waals surface area contributed by atoms with Gasteiger partial charge in [0.05, 0.1) is 22.1 Å². The van der Waals surface area contributed by atoms with Gasteiger partial charge in [0.2, 0.25) is 0 Å². The molecule has 2 atom stereocenters. The fourth-order valence-corrected chi connectivity index (χ4v) is 13.2. The van der Waals surface area contributed by atoms with Gasteiger partial charge in [0.25, 0.3) is 0 Å². The summed E-state index contributed by atoms with van der Waals surface area (Å²) in [5.41, 5.74) is 28.6. The maximum Gasteiger partial charge on any atom is 0.0723 e. The molecule has 0 saturated heterocycles. The van der Waals surface area contributed by atoms with Crippen LogP contribution in [0.2, 0.25) is 0 Å². The Morgan fingerprint density at radius 3 is 1.66 bits per heavy atom. The summed E-state index contributed by atoms with van der Waals surface area (Å²) in [6, 6.07) is 96.3. The molecule has 2 nitrogen and oxygen atoms in total. The van der Waals surface area contributed by atoms with Gasteiger partial charge in [-0.1, -0.05) is 219 Å². The van der Waals surface area contributed by atoms with Crippen molar-refractivity contribution in [3.8, 4) is 50.2 Å². The summed E-state index contributed by atoms with van der Waals surface area (Å²) in [7, 11) is 0. The molecule has 2 unspecified atom stereocenters.